The summed E-state index contributed by atoms with van der Waals surface area (Å²) in [6.07, 6.45) is 4.02. The minimum atomic E-state index is -0.455. The molecule has 80 valence electrons. The standard InChI is InChI=1S/C11H13ClN2O/c1-2-14(9-4-5-9)10-6-3-8(7-13-10)11(12)15/h3,6-7,9H,2,4-5H2,1H3. The molecular weight excluding hydrogens is 212 g/mol. The molecule has 15 heavy (non-hydrogen) atoms. The minimum absolute atomic E-state index is 0.451. The van der Waals surface area contributed by atoms with Gasteiger partial charge in [0.15, 0.2) is 0 Å². The van der Waals surface area contributed by atoms with Crippen molar-refractivity contribution in [3.05, 3.63) is 23.9 Å². The largest absolute Gasteiger partial charge is 0.354 e. The van der Waals surface area contributed by atoms with Gasteiger partial charge in [-0.15, -0.1) is 0 Å². The SMILES string of the molecule is CCN(c1ccc(C(=O)Cl)cn1)C1CC1. The number of aromatic nitrogens is 1. The molecule has 2 rings (SSSR count). The molecule has 0 amide bonds. The van der Waals surface area contributed by atoms with E-state index >= 15 is 0 Å². The Labute approximate surface area is 94.1 Å². The van der Waals surface area contributed by atoms with Crippen LogP contribution in [0.5, 0.6) is 0 Å². The molecule has 0 aliphatic heterocycles. The number of pyridine rings is 1. The maximum absolute atomic E-state index is 10.9. The monoisotopic (exact) mass is 224 g/mol. The predicted molar refractivity (Wildman–Crippen MR) is 60.5 cm³/mol. The fourth-order valence-electron chi connectivity index (χ4n) is 1.67. The zero-order valence-corrected chi connectivity index (χ0v) is 9.37. The van der Waals surface area contributed by atoms with Crippen molar-refractivity contribution in [3.8, 4) is 0 Å². The Hall–Kier alpha value is -1.09. The second-order valence-electron chi connectivity index (χ2n) is 3.70. The Morgan fingerprint density at radius 2 is 2.33 bits per heavy atom. The van der Waals surface area contributed by atoms with Crippen molar-refractivity contribution in [2.45, 2.75) is 25.8 Å². The lowest BCUT2D eigenvalue weighted by Gasteiger charge is -2.21. The number of anilines is 1. The van der Waals surface area contributed by atoms with E-state index in [1.54, 1.807) is 6.07 Å². The summed E-state index contributed by atoms with van der Waals surface area (Å²) in [5, 5.41) is -0.455. The minimum Gasteiger partial charge on any atom is -0.354 e. The molecule has 1 aromatic heterocycles. The van der Waals surface area contributed by atoms with Crippen molar-refractivity contribution in [1.29, 1.82) is 0 Å². The third-order valence-electron chi connectivity index (χ3n) is 2.60. The van der Waals surface area contributed by atoms with E-state index in [0.717, 1.165) is 12.4 Å². The van der Waals surface area contributed by atoms with Gasteiger partial charge >= 0.3 is 0 Å². The second kappa shape index (κ2) is 4.19. The average molecular weight is 225 g/mol. The van der Waals surface area contributed by atoms with Crippen LogP contribution in [0.2, 0.25) is 0 Å². The molecule has 0 radical (unpaired) electrons. The summed E-state index contributed by atoms with van der Waals surface area (Å²) in [5.41, 5.74) is 0.451. The lowest BCUT2D eigenvalue weighted by Crippen LogP contribution is -2.25. The molecule has 1 heterocycles. The van der Waals surface area contributed by atoms with Crippen LogP contribution >= 0.6 is 11.6 Å². The molecular formula is C11H13ClN2O. The van der Waals surface area contributed by atoms with Crippen molar-refractivity contribution in [2.75, 3.05) is 11.4 Å². The number of halogens is 1. The molecule has 0 atom stereocenters. The number of nitrogens with zero attached hydrogens (tertiary/aromatic N) is 2. The molecule has 4 heteroatoms. The van der Waals surface area contributed by atoms with Gasteiger partial charge < -0.3 is 4.90 Å². The zero-order chi connectivity index (χ0) is 10.8. The van der Waals surface area contributed by atoms with Gasteiger partial charge in [0.05, 0.1) is 5.56 Å². The van der Waals surface area contributed by atoms with Crippen molar-refractivity contribution >= 4 is 22.7 Å². The van der Waals surface area contributed by atoms with Crippen LogP contribution in [0, 0.1) is 0 Å². The quantitative estimate of drug-likeness (QED) is 0.737. The number of rotatable bonds is 4. The first kappa shape index (κ1) is 10.4. The van der Waals surface area contributed by atoms with Crippen molar-refractivity contribution in [2.24, 2.45) is 0 Å². The number of carbonyl (C=O) groups excluding carboxylic acids is 1. The van der Waals surface area contributed by atoms with E-state index in [1.165, 1.54) is 19.0 Å². The Morgan fingerprint density at radius 3 is 2.73 bits per heavy atom. The van der Waals surface area contributed by atoms with Gasteiger partial charge in [0.25, 0.3) is 5.24 Å². The van der Waals surface area contributed by atoms with Crippen LogP contribution in [0.1, 0.15) is 30.1 Å². The first-order valence-electron chi connectivity index (χ1n) is 5.15. The summed E-state index contributed by atoms with van der Waals surface area (Å²) >= 11 is 5.35. The molecule has 3 nitrogen and oxygen atoms in total. The third kappa shape index (κ3) is 2.29. The van der Waals surface area contributed by atoms with Crippen LogP contribution < -0.4 is 4.90 Å². The van der Waals surface area contributed by atoms with E-state index < -0.39 is 5.24 Å². The second-order valence-corrected chi connectivity index (χ2v) is 4.04. The number of hydrogen-bond donors (Lipinski definition) is 0. The first-order chi connectivity index (χ1) is 7.22. The lowest BCUT2D eigenvalue weighted by molar-refractivity contribution is 0.108. The summed E-state index contributed by atoms with van der Waals surface area (Å²) in [4.78, 5) is 17.4. The zero-order valence-electron chi connectivity index (χ0n) is 8.61. The first-order valence-corrected chi connectivity index (χ1v) is 5.52. The van der Waals surface area contributed by atoms with Gasteiger partial charge in [0.2, 0.25) is 0 Å². The molecule has 1 saturated carbocycles. The molecule has 1 aliphatic rings. The molecule has 0 saturated heterocycles. The highest BCUT2D eigenvalue weighted by molar-refractivity contribution is 6.67. The Bertz CT molecular complexity index is 359. The average Bonchev–Trinajstić information content (AvgIpc) is 3.04. The summed E-state index contributed by atoms with van der Waals surface area (Å²) in [7, 11) is 0. The predicted octanol–water partition coefficient (Wildman–Crippen LogP) is 2.45. The molecule has 0 bridgehead atoms. The van der Waals surface area contributed by atoms with Crippen molar-refractivity contribution in [3.63, 3.8) is 0 Å². The topological polar surface area (TPSA) is 33.2 Å². The van der Waals surface area contributed by atoms with Crippen LogP contribution in [-0.2, 0) is 0 Å². The van der Waals surface area contributed by atoms with E-state index in [0.29, 0.717) is 11.6 Å². The molecule has 1 aliphatic carbocycles. The maximum Gasteiger partial charge on any atom is 0.253 e. The van der Waals surface area contributed by atoms with Gasteiger partial charge in [0.1, 0.15) is 5.82 Å². The van der Waals surface area contributed by atoms with Crippen LogP contribution in [0.15, 0.2) is 18.3 Å². The van der Waals surface area contributed by atoms with Gasteiger partial charge in [-0.05, 0) is 43.5 Å². The fourth-order valence-corrected chi connectivity index (χ4v) is 1.78. The van der Waals surface area contributed by atoms with E-state index in [1.807, 2.05) is 6.07 Å². The molecule has 0 N–H and O–H groups in total. The smallest absolute Gasteiger partial charge is 0.253 e. The Kier molecular flexibility index (Phi) is 2.91. The van der Waals surface area contributed by atoms with Gasteiger partial charge in [-0.1, -0.05) is 0 Å². The Balaban J connectivity index is 2.17. The van der Waals surface area contributed by atoms with Crippen molar-refractivity contribution < 1.29 is 4.79 Å². The number of hydrogen-bond acceptors (Lipinski definition) is 3. The van der Waals surface area contributed by atoms with Crippen LogP contribution in [0.4, 0.5) is 5.82 Å². The highest BCUT2D eigenvalue weighted by Crippen LogP contribution is 2.30. The van der Waals surface area contributed by atoms with E-state index in [4.69, 9.17) is 11.6 Å². The van der Waals surface area contributed by atoms with Crippen molar-refractivity contribution in [1.82, 2.24) is 4.98 Å². The summed E-state index contributed by atoms with van der Waals surface area (Å²) < 4.78 is 0. The molecule has 0 spiro atoms. The van der Waals surface area contributed by atoms with Crippen LogP contribution in [0.25, 0.3) is 0 Å². The highest BCUT2D eigenvalue weighted by Gasteiger charge is 2.28. The molecule has 1 aromatic rings. The van der Waals surface area contributed by atoms with Gasteiger partial charge in [-0.3, -0.25) is 4.79 Å². The highest BCUT2D eigenvalue weighted by atomic mass is 35.5. The normalized spacial score (nSPS) is 15.1. The van der Waals surface area contributed by atoms with Crippen LogP contribution in [-0.4, -0.2) is 22.8 Å². The van der Waals surface area contributed by atoms with E-state index in [-0.39, 0.29) is 0 Å². The fraction of sp³-hybridized carbons (Fsp3) is 0.455. The lowest BCUT2D eigenvalue weighted by atomic mass is 10.3. The number of carbonyl (C=O) groups is 1. The van der Waals surface area contributed by atoms with Crippen LogP contribution in [0.3, 0.4) is 0 Å². The van der Waals surface area contributed by atoms with Gasteiger partial charge in [-0.2, -0.15) is 0 Å². The summed E-state index contributed by atoms with van der Waals surface area (Å²) in [6, 6.07) is 4.22. The molecule has 0 aromatic carbocycles. The summed E-state index contributed by atoms with van der Waals surface area (Å²) in [5.74, 6) is 0.932. The van der Waals surface area contributed by atoms with E-state index in [2.05, 4.69) is 16.8 Å². The summed E-state index contributed by atoms with van der Waals surface area (Å²) in [6.45, 7) is 3.06. The van der Waals surface area contributed by atoms with E-state index in [9.17, 15) is 4.79 Å². The maximum atomic E-state index is 10.9. The Morgan fingerprint density at radius 1 is 1.60 bits per heavy atom. The molecule has 1 fully saturated rings. The third-order valence-corrected chi connectivity index (χ3v) is 2.82. The van der Waals surface area contributed by atoms with Gasteiger partial charge in [-0.25, -0.2) is 4.98 Å². The molecule has 0 unspecified atom stereocenters. The van der Waals surface area contributed by atoms with Gasteiger partial charge in [0, 0.05) is 18.8 Å².